The fraction of sp³-hybridized carbons (Fsp3) is 0.579. The lowest BCUT2D eigenvalue weighted by molar-refractivity contribution is -0.137. The second-order valence-corrected chi connectivity index (χ2v) is 6.68. The Kier molecular flexibility index (Phi) is 6.04. The third-order valence-electron chi connectivity index (χ3n) is 5.12. The molecule has 6 nitrogen and oxygen atoms in total. The standard InChI is InChI=1S/C19H27N3O3/c1-25-15-14-20-10-12-21(13-11-20)19(24)17-8-5-9-22(17)18(23)16-6-3-2-4-7-16/h2-4,6-7,17H,5,8-15H2,1H3. The van der Waals surface area contributed by atoms with Gasteiger partial charge in [-0.25, -0.2) is 0 Å². The largest absolute Gasteiger partial charge is 0.383 e. The van der Waals surface area contributed by atoms with Crippen LogP contribution in [0.25, 0.3) is 0 Å². The fourth-order valence-electron chi connectivity index (χ4n) is 3.64. The van der Waals surface area contributed by atoms with Crippen LogP contribution in [0.1, 0.15) is 23.2 Å². The van der Waals surface area contributed by atoms with Crippen LogP contribution in [0.5, 0.6) is 0 Å². The summed E-state index contributed by atoms with van der Waals surface area (Å²) in [5.74, 6) is 0.0725. The third-order valence-corrected chi connectivity index (χ3v) is 5.12. The Labute approximate surface area is 149 Å². The van der Waals surface area contributed by atoms with E-state index in [2.05, 4.69) is 4.90 Å². The zero-order chi connectivity index (χ0) is 17.6. The molecular weight excluding hydrogens is 318 g/mol. The van der Waals surface area contributed by atoms with Crippen molar-refractivity contribution in [3.05, 3.63) is 35.9 Å². The lowest BCUT2D eigenvalue weighted by Gasteiger charge is -2.37. The number of carbonyl (C=O) groups is 2. The Balaban J connectivity index is 1.59. The highest BCUT2D eigenvalue weighted by molar-refractivity contribution is 5.97. The first kappa shape index (κ1) is 17.9. The molecule has 0 aliphatic carbocycles. The molecule has 0 radical (unpaired) electrons. The van der Waals surface area contributed by atoms with Crippen molar-refractivity contribution in [1.29, 1.82) is 0 Å². The quantitative estimate of drug-likeness (QED) is 0.801. The van der Waals surface area contributed by atoms with Crippen molar-refractivity contribution in [1.82, 2.24) is 14.7 Å². The van der Waals surface area contributed by atoms with E-state index in [1.807, 2.05) is 35.2 Å². The van der Waals surface area contributed by atoms with Gasteiger partial charge in [-0.15, -0.1) is 0 Å². The first-order chi connectivity index (χ1) is 12.2. The van der Waals surface area contributed by atoms with Crippen molar-refractivity contribution >= 4 is 11.8 Å². The molecule has 0 N–H and O–H groups in total. The van der Waals surface area contributed by atoms with Crippen LogP contribution >= 0.6 is 0 Å². The second-order valence-electron chi connectivity index (χ2n) is 6.68. The molecule has 0 saturated carbocycles. The Bertz CT molecular complexity index is 585. The maximum Gasteiger partial charge on any atom is 0.254 e. The highest BCUT2D eigenvalue weighted by Gasteiger charge is 2.37. The summed E-state index contributed by atoms with van der Waals surface area (Å²) in [6.07, 6.45) is 1.66. The van der Waals surface area contributed by atoms with Crippen molar-refractivity contribution in [3.8, 4) is 0 Å². The van der Waals surface area contributed by atoms with E-state index in [1.165, 1.54) is 0 Å². The zero-order valence-corrected chi connectivity index (χ0v) is 14.9. The first-order valence-corrected chi connectivity index (χ1v) is 9.07. The number of hydrogen-bond donors (Lipinski definition) is 0. The summed E-state index contributed by atoms with van der Waals surface area (Å²) in [7, 11) is 1.71. The minimum atomic E-state index is -0.307. The smallest absolute Gasteiger partial charge is 0.254 e. The highest BCUT2D eigenvalue weighted by Crippen LogP contribution is 2.22. The van der Waals surface area contributed by atoms with Crippen LogP contribution in [0.2, 0.25) is 0 Å². The minimum absolute atomic E-state index is 0.0322. The minimum Gasteiger partial charge on any atom is -0.383 e. The van der Waals surface area contributed by atoms with Gasteiger partial charge in [-0.3, -0.25) is 14.5 Å². The highest BCUT2D eigenvalue weighted by atomic mass is 16.5. The summed E-state index contributed by atoms with van der Waals surface area (Å²) in [5.41, 5.74) is 0.659. The number of amides is 2. The van der Waals surface area contributed by atoms with Gasteiger partial charge in [0.1, 0.15) is 6.04 Å². The van der Waals surface area contributed by atoms with Crippen LogP contribution in [0.3, 0.4) is 0 Å². The molecule has 1 unspecified atom stereocenters. The summed E-state index contributed by atoms with van der Waals surface area (Å²) >= 11 is 0. The van der Waals surface area contributed by atoms with E-state index in [1.54, 1.807) is 12.0 Å². The van der Waals surface area contributed by atoms with Gasteiger partial charge in [0.2, 0.25) is 5.91 Å². The maximum atomic E-state index is 13.0. The number of benzene rings is 1. The van der Waals surface area contributed by atoms with Gasteiger partial charge in [-0.05, 0) is 25.0 Å². The molecule has 25 heavy (non-hydrogen) atoms. The van der Waals surface area contributed by atoms with Crippen LogP contribution < -0.4 is 0 Å². The maximum absolute atomic E-state index is 13.0. The molecule has 1 aromatic carbocycles. The summed E-state index contributed by atoms with van der Waals surface area (Å²) in [6.45, 7) is 5.48. The average molecular weight is 345 g/mol. The Hall–Kier alpha value is -1.92. The van der Waals surface area contributed by atoms with E-state index < -0.39 is 0 Å². The second kappa shape index (κ2) is 8.45. The first-order valence-electron chi connectivity index (χ1n) is 9.07. The lowest BCUT2D eigenvalue weighted by Crippen LogP contribution is -2.54. The number of hydrogen-bond acceptors (Lipinski definition) is 4. The summed E-state index contributed by atoms with van der Waals surface area (Å²) in [6, 6.07) is 8.94. The van der Waals surface area contributed by atoms with E-state index in [-0.39, 0.29) is 17.9 Å². The summed E-state index contributed by atoms with van der Waals surface area (Å²) in [5, 5.41) is 0. The number of nitrogens with zero attached hydrogens (tertiary/aromatic N) is 3. The number of piperazine rings is 1. The van der Waals surface area contributed by atoms with Gasteiger partial charge >= 0.3 is 0 Å². The van der Waals surface area contributed by atoms with Crippen molar-refractivity contribution < 1.29 is 14.3 Å². The van der Waals surface area contributed by atoms with Crippen molar-refractivity contribution in [2.45, 2.75) is 18.9 Å². The molecule has 2 saturated heterocycles. The van der Waals surface area contributed by atoms with Gasteiger partial charge in [0.05, 0.1) is 6.61 Å². The van der Waals surface area contributed by atoms with Crippen molar-refractivity contribution in [3.63, 3.8) is 0 Å². The molecule has 2 heterocycles. The molecular formula is C19H27N3O3. The predicted octanol–water partition coefficient (Wildman–Crippen LogP) is 1.08. The average Bonchev–Trinajstić information content (AvgIpc) is 3.16. The molecule has 3 rings (SSSR count). The molecule has 0 aromatic heterocycles. The van der Waals surface area contributed by atoms with E-state index in [9.17, 15) is 9.59 Å². The number of ether oxygens (including phenoxy) is 1. The fourth-order valence-corrected chi connectivity index (χ4v) is 3.64. The van der Waals surface area contributed by atoms with Crippen molar-refractivity contribution in [2.75, 3.05) is 53.0 Å². The summed E-state index contributed by atoms with van der Waals surface area (Å²) in [4.78, 5) is 31.7. The third kappa shape index (κ3) is 4.19. The predicted molar refractivity (Wildman–Crippen MR) is 95.4 cm³/mol. The molecule has 0 spiro atoms. The van der Waals surface area contributed by atoms with E-state index >= 15 is 0 Å². The van der Waals surface area contributed by atoms with Gasteiger partial charge in [0, 0.05) is 51.9 Å². The topological polar surface area (TPSA) is 53.1 Å². The number of carbonyl (C=O) groups excluding carboxylic acids is 2. The zero-order valence-electron chi connectivity index (χ0n) is 14.9. The molecule has 1 aromatic rings. The molecule has 1 atom stereocenters. The normalized spacial score (nSPS) is 21.6. The molecule has 6 heteroatoms. The van der Waals surface area contributed by atoms with Gasteiger partial charge in [0.25, 0.3) is 5.91 Å². The lowest BCUT2D eigenvalue weighted by atomic mass is 10.1. The van der Waals surface area contributed by atoms with Gasteiger partial charge < -0.3 is 14.5 Å². The number of rotatable bonds is 5. The number of methoxy groups -OCH3 is 1. The van der Waals surface area contributed by atoms with Crippen LogP contribution in [0.15, 0.2) is 30.3 Å². The van der Waals surface area contributed by atoms with E-state index in [0.717, 1.165) is 52.2 Å². The molecule has 2 aliphatic heterocycles. The Morgan fingerprint density at radius 3 is 2.48 bits per heavy atom. The van der Waals surface area contributed by atoms with Gasteiger partial charge in [-0.2, -0.15) is 0 Å². The Morgan fingerprint density at radius 2 is 1.80 bits per heavy atom. The van der Waals surface area contributed by atoms with Crippen LogP contribution in [-0.4, -0.2) is 85.5 Å². The van der Waals surface area contributed by atoms with Crippen molar-refractivity contribution in [2.24, 2.45) is 0 Å². The van der Waals surface area contributed by atoms with Crippen LogP contribution in [0, 0.1) is 0 Å². The molecule has 0 bridgehead atoms. The van der Waals surface area contributed by atoms with Crippen LogP contribution in [0.4, 0.5) is 0 Å². The van der Waals surface area contributed by atoms with E-state index in [0.29, 0.717) is 12.1 Å². The summed E-state index contributed by atoms with van der Waals surface area (Å²) < 4.78 is 5.12. The molecule has 2 aliphatic rings. The number of likely N-dealkylation sites (tertiary alicyclic amines) is 1. The SMILES string of the molecule is COCCN1CCN(C(=O)C2CCCN2C(=O)c2ccccc2)CC1. The van der Waals surface area contributed by atoms with E-state index in [4.69, 9.17) is 4.74 Å². The van der Waals surface area contributed by atoms with Gasteiger partial charge in [-0.1, -0.05) is 18.2 Å². The van der Waals surface area contributed by atoms with Crippen LogP contribution in [-0.2, 0) is 9.53 Å². The Morgan fingerprint density at radius 1 is 1.08 bits per heavy atom. The molecule has 2 amide bonds. The molecule has 136 valence electrons. The monoisotopic (exact) mass is 345 g/mol. The molecule has 2 fully saturated rings. The van der Waals surface area contributed by atoms with Gasteiger partial charge in [0.15, 0.2) is 0 Å².